The van der Waals surface area contributed by atoms with Crippen molar-refractivity contribution in [3.8, 4) is 0 Å². The van der Waals surface area contributed by atoms with Crippen LogP contribution in [0.5, 0.6) is 0 Å². The Morgan fingerprint density at radius 1 is 1.04 bits per heavy atom. The number of alkyl carbamates (subject to hydrolysis) is 1. The van der Waals surface area contributed by atoms with Crippen LogP contribution in [0.3, 0.4) is 0 Å². The Balaban J connectivity index is 2.34. The maximum Gasteiger partial charge on any atom is 0.408 e. The zero-order chi connectivity index (χ0) is 17.9. The second kappa shape index (κ2) is 10.5. The molecule has 3 N–H and O–H groups in total. The highest BCUT2D eigenvalue weighted by Gasteiger charge is 2.21. The molecular formula is C16H23N3O4S. The summed E-state index contributed by atoms with van der Waals surface area (Å²) in [7, 11) is 0. The van der Waals surface area contributed by atoms with Crippen molar-refractivity contribution in [1.82, 2.24) is 16.0 Å². The van der Waals surface area contributed by atoms with Crippen molar-refractivity contribution >= 4 is 30.5 Å². The second-order valence-corrected chi connectivity index (χ2v) is 5.62. The molecule has 0 spiro atoms. The largest absolute Gasteiger partial charge is 0.445 e. The van der Waals surface area contributed by atoms with Crippen LogP contribution >= 0.6 is 12.6 Å². The SMILES string of the molecule is C[C@H](NC(=O)OCc1ccccc1)C(=O)N[C@@H](C)C(=O)NCCS. The van der Waals surface area contributed by atoms with Crippen LogP contribution in [0, 0.1) is 0 Å². The van der Waals surface area contributed by atoms with E-state index in [2.05, 4.69) is 28.6 Å². The van der Waals surface area contributed by atoms with E-state index in [-0.39, 0.29) is 12.5 Å². The van der Waals surface area contributed by atoms with Gasteiger partial charge in [0.25, 0.3) is 0 Å². The van der Waals surface area contributed by atoms with Gasteiger partial charge in [-0.1, -0.05) is 30.3 Å². The Hall–Kier alpha value is -2.22. The first-order valence-corrected chi connectivity index (χ1v) is 8.23. The summed E-state index contributed by atoms with van der Waals surface area (Å²) in [4.78, 5) is 35.3. The van der Waals surface area contributed by atoms with Crippen LogP contribution in [0.25, 0.3) is 0 Å². The molecule has 1 aromatic rings. The van der Waals surface area contributed by atoms with E-state index in [9.17, 15) is 14.4 Å². The van der Waals surface area contributed by atoms with Crippen molar-refractivity contribution in [3.05, 3.63) is 35.9 Å². The van der Waals surface area contributed by atoms with Crippen molar-refractivity contribution in [3.63, 3.8) is 0 Å². The number of carbonyl (C=O) groups is 3. The second-order valence-electron chi connectivity index (χ2n) is 5.17. The third-order valence-electron chi connectivity index (χ3n) is 3.10. The number of nitrogens with one attached hydrogen (secondary N) is 3. The molecule has 132 valence electrons. The van der Waals surface area contributed by atoms with Crippen LogP contribution in [-0.2, 0) is 20.9 Å². The monoisotopic (exact) mass is 353 g/mol. The van der Waals surface area contributed by atoms with Crippen molar-refractivity contribution in [2.45, 2.75) is 32.5 Å². The number of ether oxygens (including phenoxy) is 1. The number of hydrogen-bond acceptors (Lipinski definition) is 5. The summed E-state index contributed by atoms with van der Waals surface area (Å²) in [5.41, 5.74) is 0.847. The Bertz CT molecular complexity index is 554. The first-order valence-electron chi connectivity index (χ1n) is 7.60. The molecule has 0 aromatic heterocycles. The van der Waals surface area contributed by atoms with E-state index < -0.39 is 24.1 Å². The summed E-state index contributed by atoms with van der Waals surface area (Å²) in [6.07, 6.45) is -0.700. The van der Waals surface area contributed by atoms with Gasteiger partial charge in [-0.05, 0) is 19.4 Å². The smallest absolute Gasteiger partial charge is 0.408 e. The molecule has 24 heavy (non-hydrogen) atoms. The fourth-order valence-corrected chi connectivity index (χ4v) is 1.86. The van der Waals surface area contributed by atoms with Gasteiger partial charge in [-0.2, -0.15) is 12.6 Å². The number of rotatable bonds is 8. The predicted octanol–water partition coefficient (Wildman–Crippen LogP) is 0.852. The molecule has 0 fully saturated rings. The highest BCUT2D eigenvalue weighted by molar-refractivity contribution is 7.80. The molecule has 2 atom stereocenters. The fourth-order valence-electron chi connectivity index (χ4n) is 1.74. The Morgan fingerprint density at radius 3 is 2.29 bits per heavy atom. The lowest BCUT2D eigenvalue weighted by molar-refractivity contribution is -0.129. The van der Waals surface area contributed by atoms with E-state index in [1.807, 2.05) is 30.3 Å². The number of benzene rings is 1. The van der Waals surface area contributed by atoms with E-state index in [1.165, 1.54) is 6.92 Å². The van der Waals surface area contributed by atoms with E-state index in [0.717, 1.165) is 5.56 Å². The normalized spacial score (nSPS) is 12.6. The number of amides is 3. The van der Waals surface area contributed by atoms with Gasteiger partial charge in [-0.3, -0.25) is 9.59 Å². The van der Waals surface area contributed by atoms with Gasteiger partial charge in [0.2, 0.25) is 11.8 Å². The van der Waals surface area contributed by atoms with Crippen LogP contribution in [0.4, 0.5) is 4.79 Å². The van der Waals surface area contributed by atoms with Crippen molar-refractivity contribution in [2.24, 2.45) is 0 Å². The molecule has 0 aliphatic heterocycles. The van der Waals surface area contributed by atoms with Crippen LogP contribution in [0.1, 0.15) is 19.4 Å². The maximum atomic E-state index is 12.0. The molecule has 0 aliphatic rings. The molecule has 7 nitrogen and oxygen atoms in total. The molecular weight excluding hydrogens is 330 g/mol. The summed E-state index contributed by atoms with van der Waals surface area (Å²) < 4.78 is 5.04. The van der Waals surface area contributed by atoms with Crippen molar-refractivity contribution in [1.29, 1.82) is 0 Å². The zero-order valence-corrected chi connectivity index (χ0v) is 14.6. The quantitative estimate of drug-likeness (QED) is 0.521. The minimum atomic E-state index is -0.826. The Kier molecular flexibility index (Phi) is 8.70. The predicted molar refractivity (Wildman–Crippen MR) is 93.7 cm³/mol. The maximum absolute atomic E-state index is 12.0. The minimum Gasteiger partial charge on any atom is -0.445 e. The van der Waals surface area contributed by atoms with Gasteiger partial charge in [0.1, 0.15) is 18.7 Å². The highest BCUT2D eigenvalue weighted by Crippen LogP contribution is 2.00. The molecule has 0 heterocycles. The van der Waals surface area contributed by atoms with Crippen LogP contribution in [-0.4, -0.2) is 42.3 Å². The molecule has 1 rings (SSSR count). The Labute approximate surface area is 146 Å². The molecule has 0 saturated carbocycles. The molecule has 3 amide bonds. The van der Waals surface area contributed by atoms with Gasteiger partial charge in [0.05, 0.1) is 0 Å². The molecule has 0 unspecified atom stereocenters. The Morgan fingerprint density at radius 2 is 1.67 bits per heavy atom. The minimum absolute atomic E-state index is 0.115. The van der Waals surface area contributed by atoms with Gasteiger partial charge in [0, 0.05) is 12.3 Å². The average Bonchev–Trinajstić information content (AvgIpc) is 2.58. The number of carbonyl (C=O) groups excluding carboxylic acids is 3. The summed E-state index contributed by atoms with van der Waals surface area (Å²) in [5.74, 6) is -0.270. The van der Waals surface area contributed by atoms with Crippen LogP contribution in [0.2, 0.25) is 0 Å². The van der Waals surface area contributed by atoms with Gasteiger partial charge in [-0.25, -0.2) is 4.79 Å². The third kappa shape index (κ3) is 7.36. The molecule has 0 bridgehead atoms. The lowest BCUT2D eigenvalue weighted by Crippen LogP contribution is -2.51. The van der Waals surface area contributed by atoms with E-state index >= 15 is 0 Å². The summed E-state index contributed by atoms with van der Waals surface area (Å²) >= 11 is 3.99. The molecule has 1 aromatic carbocycles. The summed E-state index contributed by atoms with van der Waals surface area (Å²) in [5, 5.41) is 7.56. The topological polar surface area (TPSA) is 96.5 Å². The molecule has 8 heteroatoms. The number of hydrogen-bond donors (Lipinski definition) is 4. The van der Waals surface area contributed by atoms with Crippen LogP contribution in [0.15, 0.2) is 30.3 Å². The first-order chi connectivity index (χ1) is 11.4. The lowest BCUT2D eigenvalue weighted by Gasteiger charge is -2.18. The summed E-state index contributed by atoms with van der Waals surface area (Å²) in [6.45, 7) is 3.61. The van der Waals surface area contributed by atoms with Crippen molar-refractivity contribution < 1.29 is 19.1 Å². The molecule has 0 saturated heterocycles. The fraction of sp³-hybridized carbons (Fsp3) is 0.438. The third-order valence-corrected chi connectivity index (χ3v) is 3.33. The molecule has 0 aliphatic carbocycles. The van der Waals surface area contributed by atoms with E-state index in [0.29, 0.717) is 12.3 Å². The van der Waals surface area contributed by atoms with E-state index in [4.69, 9.17) is 4.74 Å². The molecule has 0 radical (unpaired) electrons. The van der Waals surface area contributed by atoms with Crippen molar-refractivity contribution in [2.75, 3.05) is 12.3 Å². The van der Waals surface area contributed by atoms with Gasteiger partial charge in [-0.15, -0.1) is 0 Å². The zero-order valence-electron chi connectivity index (χ0n) is 13.7. The van der Waals surface area contributed by atoms with E-state index in [1.54, 1.807) is 6.92 Å². The first kappa shape index (κ1) is 19.8. The van der Waals surface area contributed by atoms with Crippen LogP contribution < -0.4 is 16.0 Å². The van der Waals surface area contributed by atoms with Gasteiger partial charge < -0.3 is 20.7 Å². The number of thiol groups is 1. The highest BCUT2D eigenvalue weighted by atomic mass is 32.1. The average molecular weight is 353 g/mol. The standard InChI is InChI=1S/C16H23N3O4S/c1-11(14(20)17-8-9-24)18-15(21)12(2)19-16(22)23-10-13-6-4-3-5-7-13/h3-7,11-12,24H,8-10H2,1-2H3,(H,17,20)(H,18,21)(H,19,22)/t11-,12-/m0/s1. The summed E-state index contributed by atoms with van der Waals surface area (Å²) in [6, 6.07) is 7.67. The van der Waals surface area contributed by atoms with Gasteiger partial charge in [0.15, 0.2) is 0 Å². The van der Waals surface area contributed by atoms with Gasteiger partial charge >= 0.3 is 6.09 Å². The lowest BCUT2D eigenvalue weighted by atomic mass is 10.2.